The van der Waals surface area contributed by atoms with E-state index >= 15 is 0 Å². The van der Waals surface area contributed by atoms with Gasteiger partial charge in [-0.15, -0.1) is 0 Å². The highest BCUT2D eigenvalue weighted by Crippen LogP contribution is 2.33. The zero-order chi connectivity index (χ0) is 20.4. The summed E-state index contributed by atoms with van der Waals surface area (Å²) in [6.45, 7) is 2.50. The molecule has 0 aromatic heterocycles. The van der Waals surface area contributed by atoms with Gasteiger partial charge in [0.05, 0.1) is 13.3 Å². The van der Waals surface area contributed by atoms with Gasteiger partial charge in [-0.05, 0) is 59.3 Å². The van der Waals surface area contributed by atoms with Crippen LogP contribution >= 0.6 is 28.1 Å². The number of para-hydroxylation sites is 1. The molecule has 2 rings (SSSR count). The van der Waals surface area contributed by atoms with Crippen LogP contribution in [0.5, 0.6) is 11.5 Å². The fraction of sp³-hybridized carbons (Fsp3) is 0.211. The second-order valence-corrected chi connectivity index (χ2v) is 6.72. The number of benzene rings is 2. The summed E-state index contributed by atoms with van der Waals surface area (Å²) in [4.78, 5) is 12.1. The Balaban J connectivity index is 2.01. The Labute approximate surface area is 177 Å². The molecule has 9 heteroatoms. The third-order valence-corrected chi connectivity index (χ3v) is 4.33. The highest BCUT2D eigenvalue weighted by atomic mass is 79.9. The number of rotatable bonds is 8. The summed E-state index contributed by atoms with van der Waals surface area (Å²) in [7, 11) is 1.53. The maximum absolute atomic E-state index is 12.1. The van der Waals surface area contributed by atoms with E-state index in [0.717, 1.165) is 10.0 Å². The number of carbonyl (C=O) groups excluding carboxylic acids is 1. The van der Waals surface area contributed by atoms with Crippen molar-refractivity contribution < 1.29 is 14.3 Å². The van der Waals surface area contributed by atoms with Crippen LogP contribution in [0.25, 0.3) is 0 Å². The van der Waals surface area contributed by atoms with Crippen LogP contribution in [0.4, 0.5) is 5.69 Å². The first-order valence-electron chi connectivity index (χ1n) is 8.45. The number of amides is 1. The molecule has 0 saturated carbocycles. The Morgan fingerprint density at radius 2 is 2.00 bits per heavy atom. The van der Waals surface area contributed by atoms with Crippen LogP contribution in [-0.2, 0) is 4.79 Å². The zero-order valence-corrected chi connectivity index (χ0v) is 17.9. The number of anilines is 1. The lowest BCUT2D eigenvalue weighted by atomic mass is 10.2. The molecule has 0 radical (unpaired) electrons. The molecular formula is C19H21BrN4O3S. The van der Waals surface area contributed by atoms with Crippen LogP contribution in [0, 0.1) is 0 Å². The van der Waals surface area contributed by atoms with Gasteiger partial charge in [0.25, 0.3) is 5.91 Å². The van der Waals surface area contributed by atoms with Gasteiger partial charge in [0.1, 0.15) is 0 Å². The van der Waals surface area contributed by atoms with Gasteiger partial charge in [0.2, 0.25) is 0 Å². The molecule has 2 aromatic rings. The number of nitrogens with zero attached hydrogens (tertiary/aromatic N) is 1. The number of carbonyl (C=O) groups is 1. The number of thiocarbonyl (C=S) groups is 1. The third-order valence-electron chi connectivity index (χ3n) is 3.41. The predicted octanol–water partition coefficient (Wildman–Crippen LogP) is 3.29. The molecule has 0 aliphatic heterocycles. The van der Waals surface area contributed by atoms with Gasteiger partial charge in [-0.3, -0.25) is 10.2 Å². The number of halogens is 1. The average molecular weight is 465 g/mol. The van der Waals surface area contributed by atoms with Crippen LogP contribution in [0.3, 0.4) is 0 Å². The molecule has 0 unspecified atom stereocenters. The molecule has 28 heavy (non-hydrogen) atoms. The van der Waals surface area contributed by atoms with Crippen molar-refractivity contribution in [2.24, 2.45) is 5.10 Å². The first-order chi connectivity index (χ1) is 13.5. The molecule has 0 heterocycles. The molecule has 0 aliphatic rings. The van der Waals surface area contributed by atoms with Crippen molar-refractivity contribution in [3.05, 3.63) is 52.5 Å². The van der Waals surface area contributed by atoms with Crippen molar-refractivity contribution in [3.8, 4) is 11.5 Å². The van der Waals surface area contributed by atoms with Crippen molar-refractivity contribution in [1.82, 2.24) is 10.7 Å². The summed E-state index contributed by atoms with van der Waals surface area (Å²) in [6, 6.07) is 12.6. The minimum absolute atomic E-state index is 0.149. The SMILES string of the molecule is CCNC(=S)N/N=C\c1cc(OC)c(OCC(=O)Nc2ccccc2)cc1Br. The number of hydrogen-bond acceptors (Lipinski definition) is 5. The Morgan fingerprint density at radius 1 is 1.25 bits per heavy atom. The maximum atomic E-state index is 12.1. The van der Waals surface area contributed by atoms with E-state index in [1.165, 1.54) is 7.11 Å². The van der Waals surface area contributed by atoms with Crippen molar-refractivity contribution in [3.63, 3.8) is 0 Å². The molecule has 2 aromatic carbocycles. The number of methoxy groups -OCH3 is 1. The molecular weight excluding hydrogens is 444 g/mol. The normalized spacial score (nSPS) is 10.4. The molecule has 0 bridgehead atoms. The minimum atomic E-state index is -0.267. The van der Waals surface area contributed by atoms with Gasteiger partial charge in [0.15, 0.2) is 23.2 Å². The van der Waals surface area contributed by atoms with Gasteiger partial charge < -0.3 is 20.1 Å². The smallest absolute Gasteiger partial charge is 0.262 e. The molecule has 1 amide bonds. The van der Waals surface area contributed by atoms with E-state index in [2.05, 4.69) is 37.1 Å². The lowest BCUT2D eigenvalue weighted by Gasteiger charge is -2.13. The number of hydrogen-bond donors (Lipinski definition) is 3. The monoisotopic (exact) mass is 464 g/mol. The van der Waals surface area contributed by atoms with E-state index < -0.39 is 0 Å². The van der Waals surface area contributed by atoms with Crippen LogP contribution in [-0.4, -0.2) is 37.5 Å². The fourth-order valence-electron chi connectivity index (χ4n) is 2.14. The summed E-state index contributed by atoms with van der Waals surface area (Å²) < 4.78 is 11.7. The lowest BCUT2D eigenvalue weighted by Crippen LogP contribution is -2.31. The minimum Gasteiger partial charge on any atom is -0.493 e. The van der Waals surface area contributed by atoms with E-state index in [0.29, 0.717) is 28.8 Å². The average Bonchev–Trinajstić information content (AvgIpc) is 2.68. The Hall–Kier alpha value is -2.65. The molecule has 0 saturated heterocycles. The molecule has 0 spiro atoms. The zero-order valence-electron chi connectivity index (χ0n) is 15.5. The second kappa shape index (κ2) is 11.3. The summed E-state index contributed by atoms with van der Waals surface area (Å²) >= 11 is 8.51. The van der Waals surface area contributed by atoms with E-state index in [1.807, 2.05) is 25.1 Å². The second-order valence-electron chi connectivity index (χ2n) is 5.46. The van der Waals surface area contributed by atoms with E-state index in [9.17, 15) is 4.79 Å². The van der Waals surface area contributed by atoms with Crippen molar-refractivity contribution in [2.75, 3.05) is 25.6 Å². The molecule has 0 aliphatic carbocycles. The first-order valence-corrected chi connectivity index (χ1v) is 9.65. The third kappa shape index (κ3) is 6.82. The lowest BCUT2D eigenvalue weighted by molar-refractivity contribution is -0.118. The van der Waals surface area contributed by atoms with E-state index in [-0.39, 0.29) is 12.5 Å². The first kappa shape index (κ1) is 21.6. The fourth-order valence-corrected chi connectivity index (χ4v) is 2.77. The van der Waals surface area contributed by atoms with Gasteiger partial charge in [-0.25, -0.2) is 0 Å². The summed E-state index contributed by atoms with van der Waals surface area (Å²) in [6.07, 6.45) is 1.60. The standard InChI is InChI=1S/C19H21BrN4O3S/c1-3-21-19(28)24-22-11-13-9-16(26-2)17(10-15(13)20)27-12-18(25)23-14-7-5-4-6-8-14/h4-11H,3,12H2,1-2H3,(H,23,25)(H2,21,24,28)/b22-11-. The number of nitrogens with one attached hydrogen (secondary N) is 3. The summed E-state index contributed by atoms with van der Waals surface area (Å²) in [5.74, 6) is 0.647. The largest absolute Gasteiger partial charge is 0.493 e. The van der Waals surface area contributed by atoms with Crippen LogP contribution < -0.4 is 25.5 Å². The van der Waals surface area contributed by atoms with E-state index in [1.54, 1.807) is 30.5 Å². The highest BCUT2D eigenvalue weighted by molar-refractivity contribution is 9.10. The molecule has 0 fully saturated rings. The van der Waals surface area contributed by atoms with E-state index in [4.69, 9.17) is 21.7 Å². The van der Waals surface area contributed by atoms with Gasteiger partial charge in [-0.1, -0.05) is 18.2 Å². The van der Waals surface area contributed by atoms with Crippen LogP contribution in [0.15, 0.2) is 52.0 Å². The molecule has 148 valence electrons. The van der Waals surface area contributed by atoms with Crippen LogP contribution in [0.2, 0.25) is 0 Å². The van der Waals surface area contributed by atoms with Crippen LogP contribution in [0.1, 0.15) is 12.5 Å². The Bertz CT molecular complexity index is 847. The van der Waals surface area contributed by atoms with Gasteiger partial charge >= 0.3 is 0 Å². The molecule has 7 nitrogen and oxygen atoms in total. The molecule has 0 atom stereocenters. The number of ether oxygens (including phenoxy) is 2. The molecule has 3 N–H and O–H groups in total. The summed E-state index contributed by atoms with van der Waals surface area (Å²) in [5.41, 5.74) is 4.18. The Morgan fingerprint density at radius 3 is 2.68 bits per heavy atom. The van der Waals surface area contributed by atoms with Gasteiger partial charge in [0, 0.05) is 22.3 Å². The Kier molecular flexibility index (Phi) is 8.70. The van der Waals surface area contributed by atoms with Gasteiger partial charge in [-0.2, -0.15) is 5.10 Å². The predicted molar refractivity (Wildman–Crippen MR) is 118 cm³/mol. The van der Waals surface area contributed by atoms with Crippen molar-refractivity contribution in [1.29, 1.82) is 0 Å². The van der Waals surface area contributed by atoms with Crippen molar-refractivity contribution >= 4 is 51.1 Å². The summed E-state index contributed by atoms with van der Waals surface area (Å²) in [5, 5.41) is 10.2. The highest BCUT2D eigenvalue weighted by Gasteiger charge is 2.11. The number of hydrazone groups is 1. The quantitative estimate of drug-likeness (QED) is 0.315. The maximum Gasteiger partial charge on any atom is 0.262 e. The topological polar surface area (TPSA) is 84.0 Å². The van der Waals surface area contributed by atoms with Crippen molar-refractivity contribution in [2.45, 2.75) is 6.92 Å².